The number of methoxy groups -OCH3 is 2. The predicted molar refractivity (Wildman–Crippen MR) is 83.9 cm³/mol. The molecule has 7 heteroatoms. The number of hydrogen-bond donors (Lipinski definition) is 3. The van der Waals surface area contributed by atoms with Crippen molar-refractivity contribution in [3.8, 4) is 11.5 Å². The summed E-state index contributed by atoms with van der Waals surface area (Å²) in [6.45, 7) is 3.87. The summed E-state index contributed by atoms with van der Waals surface area (Å²) < 4.78 is 10.3. The molecule has 0 radical (unpaired) electrons. The number of carbonyl (C=O) groups excluding carboxylic acids is 2. The Morgan fingerprint density at radius 2 is 1.73 bits per heavy atom. The van der Waals surface area contributed by atoms with Gasteiger partial charge in [0.05, 0.1) is 19.8 Å². The zero-order valence-corrected chi connectivity index (χ0v) is 13.3. The van der Waals surface area contributed by atoms with E-state index in [1.807, 2.05) is 13.8 Å². The highest BCUT2D eigenvalue weighted by Crippen LogP contribution is 2.31. The zero-order valence-electron chi connectivity index (χ0n) is 13.3. The zero-order chi connectivity index (χ0) is 16.9. The second kappa shape index (κ2) is 7.53. The molecule has 1 aromatic rings. The van der Waals surface area contributed by atoms with Gasteiger partial charge in [0.15, 0.2) is 11.5 Å². The van der Waals surface area contributed by atoms with E-state index in [4.69, 9.17) is 20.9 Å². The molecule has 0 saturated carbocycles. The number of nitrogens with one attached hydrogen (secondary N) is 1. The van der Waals surface area contributed by atoms with Crippen molar-refractivity contribution in [1.82, 2.24) is 5.32 Å². The molecule has 7 nitrogen and oxygen atoms in total. The lowest BCUT2D eigenvalue weighted by Gasteiger charge is -2.18. The number of ether oxygens (including phenoxy) is 2. The first-order chi connectivity index (χ1) is 10.3. The number of carbonyl (C=O) groups is 2. The Kier molecular flexibility index (Phi) is 6.03. The van der Waals surface area contributed by atoms with Gasteiger partial charge in [-0.2, -0.15) is 0 Å². The second-order valence-electron chi connectivity index (χ2n) is 5.35. The van der Waals surface area contributed by atoms with Gasteiger partial charge < -0.3 is 26.3 Å². The summed E-state index contributed by atoms with van der Waals surface area (Å²) in [6, 6.07) is 2.21. The quantitative estimate of drug-likeness (QED) is 0.647. The lowest BCUT2D eigenvalue weighted by Crippen LogP contribution is -2.45. The average molecular weight is 309 g/mol. The Labute approximate surface area is 129 Å². The van der Waals surface area contributed by atoms with E-state index in [-0.39, 0.29) is 17.2 Å². The van der Waals surface area contributed by atoms with Crippen molar-refractivity contribution in [2.24, 2.45) is 11.7 Å². The fraction of sp³-hybridized carbons (Fsp3) is 0.467. The van der Waals surface area contributed by atoms with Gasteiger partial charge in [0, 0.05) is 11.8 Å². The molecule has 2 amide bonds. The van der Waals surface area contributed by atoms with Gasteiger partial charge in [0.25, 0.3) is 5.91 Å². The first-order valence-corrected chi connectivity index (χ1v) is 6.91. The van der Waals surface area contributed by atoms with Crippen LogP contribution < -0.4 is 26.3 Å². The topological polar surface area (TPSA) is 117 Å². The van der Waals surface area contributed by atoms with E-state index in [9.17, 15) is 9.59 Å². The van der Waals surface area contributed by atoms with Crippen molar-refractivity contribution >= 4 is 17.5 Å². The molecule has 0 bridgehead atoms. The third kappa shape index (κ3) is 4.28. The van der Waals surface area contributed by atoms with E-state index in [2.05, 4.69) is 5.32 Å². The number of benzene rings is 1. The molecule has 0 heterocycles. The molecule has 1 rings (SSSR count). The molecule has 0 aliphatic heterocycles. The van der Waals surface area contributed by atoms with Gasteiger partial charge in [0.1, 0.15) is 6.04 Å². The fourth-order valence-electron chi connectivity index (χ4n) is 2.04. The molecule has 22 heavy (non-hydrogen) atoms. The molecule has 1 atom stereocenters. The number of rotatable bonds is 7. The van der Waals surface area contributed by atoms with Crippen LogP contribution in [0.1, 0.15) is 30.6 Å². The summed E-state index contributed by atoms with van der Waals surface area (Å²) in [5.41, 5.74) is 11.6. The lowest BCUT2D eigenvalue weighted by atomic mass is 10.0. The van der Waals surface area contributed by atoms with Crippen LogP contribution in [0.15, 0.2) is 12.1 Å². The first kappa shape index (κ1) is 17.6. The smallest absolute Gasteiger partial charge is 0.254 e. The average Bonchev–Trinajstić information content (AvgIpc) is 2.45. The third-order valence-corrected chi connectivity index (χ3v) is 3.16. The van der Waals surface area contributed by atoms with Crippen LogP contribution in [-0.2, 0) is 4.79 Å². The monoisotopic (exact) mass is 309 g/mol. The van der Waals surface area contributed by atoms with E-state index < -0.39 is 17.9 Å². The van der Waals surface area contributed by atoms with Gasteiger partial charge in [-0.1, -0.05) is 13.8 Å². The Balaban J connectivity index is 3.04. The van der Waals surface area contributed by atoms with Crippen LogP contribution in [0, 0.1) is 5.92 Å². The van der Waals surface area contributed by atoms with Crippen molar-refractivity contribution in [1.29, 1.82) is 0 Å². The molecular weight excluding hydrogens is 286 g/mol. The van der Waals surface area contributed by atoms with Gasteiger partial charge in [0.2, 0.25) is 5.91 Å². The van der Waals surface area contributed by atoms with Gasteiger partial charge in [-0.05, 0) is 18.4 Å². The lowest BCUT2D eigenvalue weighted by molar-refractivity contribution is -0.120. The highest BCUT2D eigenvalue weighted by molar-refractivity contribution is 6.02. The standard InChI is InChI=1S/C15H23N3O4/c1-8(2)5-11(14(17)19)18-15(20)9-6-12(21-3)13(22-4)7-10(9)16/h6-8,11H,5,16H2,1-4H3,(H2,17,19)(H,18,20). The van der Waals surface area contributed by atoms with Gasteiger partial charge >= 0.3 is 0 Å². The van der Waals surface area contributed by atoms with E-state index in [0.29, 0.717) is 17.9 Å². The number of amides is 2. The van der Waals surface area contributed by atoms with E-state index >= 15 is 0 Å². The summed E-state index contributed by atoms with van der Waals surface area (Å²) in [4.78, 5) is 23.8. The summed E-state index contributed by atoms with van der Waals surface area (Å²) >= 11 is 0. The van der Waals surface area contributed by atoms with Crippen molar-refractivity contribution in [3.63, 3.8) is 0 Å². The van der Waals surface area contributed by atoms with Crippen LogP contribution in [0.3, 0.4) is 0 Å². The molecule has 0 spiro atoms. The largest absolute Gasteiger partial charge is 0.493 e. The van der Waals surface area contributed by atoms with Crippen molar-refractivity contribution < 1.29 is 19.1 Å². The van der Waals surface area contributed by atoms with Crippen molar-refractivity contribution in [2.45, 2.75) is 26.3 Å². The minimum absolute atomic E-state index is 0.202. The maximum atomic E-state index is 12.3. The number of primary amides is 1. The predicted octanol–water partition coefficient (Wildman–Crippen LogP) is 0.916. The molecule has 0 aromatic heterocycles. The second-order valence-corrected chi connectivity index (χ2v) is 5.35. The Bertz CT molecular complexity index is 558. The van der Waals surface area contributed by atoms with Gasteiger partial charge in [-0.3, -0.25) is 9.59 Å². The van der Waals surface area contributed by atoms with Crippen molar-refractivity contribution in [2.75, 3.05) is 20.0 Å². The van der Waals surface area contributed by atoms with Crippen molar-refractivity contribution in [3.05, 3.63) is 17.7 Å². The highest BCUT2D eigenvalue weighted by atomic mass is 16.5. The fourth-order valence-corrected chi connectivity index (χ4v) is 2.04. The van der Waals surface area contributed by atoms with Gasteiger partial charge in [-0.25, -0.2) is 0 Å². The van der Waals surface area contributed by atoms with E-state index in [1.165, 1.54) is 26.4 Å². The Hall–Kier alpha value is -2.44. The van der Waals surface area contributed by atoms with Gasteiger partial charge in [-0.15, -0.1) is 0 Å². The molecule has 0 aliphatic carbocycles. The van der Waals surface area contributed by atoms with Crippen LogP contribution in [0.2, 0.25) is 0 Å². The molecule has 1 aromatic carbocycles. The molecule has 0 aliphatic rings. The van der Waals surface area contributed by atoms with Crippen LogP contribution in [0.4, 0.5) is 5.69 Å². The first-order valence-electron chi connectivity index (χ1n) is 6.91. The number of hydrogen-bond acceptors (Lipinski definition) is 5. The minimum Gasteiger partial charge on any atom is -0.493 e. The molecule has 122 valence electrons. The Morgan fingerprint density at radius 1 is 1.18 bits per heavy atom. The van der Waals surface area contributed by atoms with E-state index in [0.717, 1.165) is 0 Å². The minimum atomic E-state index is -0.750. The molecule has 0 saturated heterocycles. The maximum Gasteiger partial charge on any atom is 0.254 e. The summed E-state index contributed by atoms with van der Waals surface area (Å²) in [7, 11) is 2.93. The van der Waals surface area contributed by atoms with Crippen LogP contribution in [-0.4, -0.2) is 32.1 Å². The number of nitrogens with two attached hydrogens (primary N) is 2. The molecule has 1 unspecified atom stereocenters. The molecular formula is C15H23N3O4. The van der Waals surface area contributed by atoms with E-state index in [1.54, 1.807) is 0 Å². The molecule has 5 N–H and O–H groups in total. The third-order valence-electron chi connectivity index (χ3n) is 3.16. The summed E-state index contributed by atoms with van der Waals surface area (Å²) in [5.74, 6) is -0.0592. The highest BCUT2D eigenvalue weighted by Gasteiger charge is 2.22. The molecule has 0 fully saturated rings. The maximum absolute atomic E-state index is 12.3. The Morgan fingerprint density at radius 3 is 2.18 bits per heavy atom. The normalized spacial score (nSPS) is 11.9. The number of nitrogen functional groups attached to an aromatic ring is 1. The van der Waals surface area contributed by atoms with Crippen LogP contribution in [0.5, 0.6) is 11.5 Å². The number of anilines is 1. The van der Waals surface area contributed by atoms with Crippen LogP contribution >= 0.6 is 0 Å². The summed E-state index contributed by atoms with van der Waals surface area (Å²) in [5, 5.41) is 2.60. The SMILES string of the molecule is COc1cc(N)c(C(=O)NC(CC(C)C)C(N)=O)cc1OC. The summed E-state index contributed by atoms with van der Waals surface area (Å²) in [6.07, 6.45) is 0.453. The van der Waals surface area contributed by atoms with Crippen LogP contribution in [0.25, 0.3) is 0 Å².